The Morgan fingerprint density at radius 1 is 1.04 bits per heavy atom. The van der Waals surface area contributed by atoms with Crippen molar-refractivity contribution in [2.45, 2.75) is 0 Å². The quantitative estimate of drug-likeness (QED) is 0.572. The molecule has 0 atom stereocenters. The number of nitrogens with one attached hydrogen (secondary N) is 1. The van der Waals surface area contributed by atoms with Crippen molar-refractivity contribution in [3.8, 4) is 16.9 Å². The molecule has 0 fully saturated rings. The summed E-state index contributed by atoms with van der Waals surface area (Å²) in [5.74, 6) is 0.293. The van der Waals surface area contributed by atoms with E-state index in [4.69, 9.17) is 9.47 Å². The maximum atomic E-state index is 12.3. The fraction of sp³-hybridized carbons (Fsp3) is 0.100. The summed E-state index contributed by atoms with van der Waals surface area (Å²) in [6.45, 7) is 0. The van der Waals surface area contributed by atoms with Gasteiger partial charge < -0.3 is 14.5 Å². The van der Waals surface area contributed by atoms with Crippen molar-refractivity contribution >= 4 is 27.8 Å². The first-order valence-electron chi connectivity index (χ1n) is 7.85. The molecule has 2 aromatic carbocycles. The number of esters is 1. The number of methoxy groups -OCH3 is 2. The van der Waals surface area contributed by atoms with Crippen LogP contribution < -0.4 is 4.74 Å². The van der Waals surface area contributed by atoms with Crippen LogP contribution in [-0.4, -0.2) is 30.2 Å². The molecule has 2 aromatic heterocycles. The van der Waals surface area contributed by atoms with Crippen LogP contribution in [0.1, 0.15) is 10.5 Å². The highest BCUT2D eigenvalue weighted by Gasteiger charge is 2.21. The summed E-state index contributed by atoms with van der Waals surface area (Å²) in [4.78, 5) is 20.0. The Hall–Kier alpha value is -3.34. The minimum atomic E-state index is -0.460. The number of aromatic amines is 1. The van der Waals surface area contributed by atoms with Gasteiger partial charge in [-0.2, -0.15) is 0 Å². The van der Waals surface area contributed by atoms with E-state index in [1.54, 1.807) is 13.3 Å². The van der Waals surface area contributed by atoms with E-state index in [-0.39, 0.29) is 0 Å². The van der Waals surface area contributed by atoms with Crippen LogP contribution in [0.2, 0.25) is 0 Å². The number of ether oxygens (including phenoxy) is 2. The lowest BCUT2D eigenvalue weighted by Gasteiger charge is -2.10. The van der Waals surface area contributed by atoms with Crippen LogP contribution in [0.3, 0.4) is 0 Å². The lowest BCUT2D eigenvalue weighted by Crippen LogP contribution is -2.06. The van der Waals surface area contributed by atoms with Gasteiger partial charge in [-0.1, -0.05) is 30.3 Å². The third-order valence-electron chi connectivity index (χ3n) is 4.29. The molecule has 0 saturated heterocycles. The maximum Gasteiger partial charge on any atom is 0.357 e. The molecule has 124 valence electrons. The lowest BCUT2D eigenvalue weighted by molar-refractivity contribution is 0.0595. The number of carbonyl (C=O) groups is 1. The molecule has 4 aromatic rings. The van der Waals surface area contributed by atoms with E-state index in [1.807, 2.05) is 48.5 Å². The Morgan fingerprint density at radius 3 is 2.56 bits per heavy atom. The van der Waals surface area contributed by atoms with Crippen molar-refractivity contribution in [1.29, 1.82) is 0 Å². The maximum absolute atomic E-state index is 12.3. The summed E-state index contributed by atoms with van der Waals surface area (Å²) < 4.78 is 10.3. The van der Waals surface area contributed by atoms with Crippen molar-refractivity contribution in [2.24, 2.45) is 0 Å². The molecule has 4 rings (SSSR count). The number of fused-ring (bicyclic) bond motifs is 3. The molecule has 1 N–H and O–H groups in total. The van der Waals surface area contributed by atoms with Gasteiger partial charge in [0.25, 0.3) is 0 Å². The van der Waals surface area contributed by atoms with Crippen LogP contribution in [-0.2, 0) is 4.74 Å². The predicted octanol–water partition coefficient (Wildman–Crippen LogP) is 4.18. The van der Waals surface area contributed by atoms with E-state index >= 15 is 0 Å². The highest BCUT2D eigenvalue weighted by atomic mass is 16.5. The fourth-order valence-electron chi connectivity index (χ4n) is 3.13. The number of rotatable bonds is 3. The Morgan fingerprint density at radius 2 is 1.84 bits per heavy atom. The second-order valence-corrected chi connectivity index (χ2v) is 5.66. The molecule has 0 aliphatic carbocycles. The molecule has 0 unspecified atom stereocenters. The van der Waals surface area contributed by atoms with E-state index in [2.05, 4.69) is 9.97 Å². The van der Waals surface area contributed by atoms with Gasteiger partial charge in [-0.3, -0.25) is 0 Å². The molecule has 25 heavy (non-hydrogen) atoms. The smallest absolute Gasteiger partial charge is 0.357 e. The molecular formula is C20H16N2O3. The average Bonchev–Trinajstić information content (AvgIpc) is 3.05. The summed E-state index contributed by atoms with van der Waals surface area (Å²) >= 11 is 0. The topological polar surface area (TPSA) is 64.2 Å². The minimum absolute atomic E-state index is 0.296. The average molecular weight is 332 g/mol. The standard InChI is InChI=1S/C20H16N2O3/c1-24-13-8-9-15-14(10-13)18-16(22-15)11-21-19(20(23)25-2)17(18)12-6-4-3-5-7-12/h3-11,22H,1-2H3. The first-order chi connectivity index (χ1) is 12.2. The number of H-pyrrole nitrogens is 1. The van der Waals surface area contributed by atoms with Crippen molar-refractivity contribution in [1.82, 2.24) is 9.97 Å². The normalized spacial score (nSPS) is 11.0. The van der Waals surface area contributed by atoms with Gasteiger partial charge in [0.05, 0.1) is 25.9 Å². The summed E-state index contributed by atoms with van der Waals surface area (Å²) in [6, 6.07) is 15.5. The SMILES string of the molecule is COC(=O)c1ncc2[nH]c3ccc(OC)cc3c2c1-c1ccccc1. The molecule has 0 bridgehead atoms. The number of pyridine rings is 1. The number of carbonyl (C=O) groups excluding carboxylic acids is 1. The van der Waals surface area contributed by atoms with E-state index in [0.717, 1.165) is 38.7 Å². The van der Waals surface area contributed by atoms with Crippen LogP contribution >= 0.6 is 0 Å². The Balaban J connectivity index is 2.17. The van der Waals surface area contributed by atoms with Gasteiger partial charge in [-0.05, 0) is 23.8 Å². The largest absolute Gasteiger partial charge is 0.497 e. The molecule has 0 radical (unpaired) electrons. The number of hydrogen-bond donors (Lipinski definition) is 1. The summed E-state index contributed by atoms with van der Waals surface area (Å²) in [5, 5.41) is 1.90. The second-order valence-electron chi connectivity index (χ2n) is 5.66. The van der Waals surface area contributed by atoms with E-state index < -0.39 is 5.97 Å². The minimum Gasteiger partial charge on any atom is -0.497 e. The Labute approximate surface area is 144 Å². The van der Waals surface area contributed by atoms with Gasteiger partial charge in [0.2, 0.25) is 0 Å². The zero-order valence-electron chi connectivity index (χ0n) is 13.9. The zero-order valence-corrected chi connectivity index (χ0v) is 13.9. The molecule has 0 spiro atoms. The van der Waals surface area contributed by atoms with Crippen molar-refractivity contribution in [3.05, 3.63) is 60.4 Å². The first-order valence-corrected chi connectivity index (χ1v) is 7.85. The summed E-state index contributed by atoms with van der Waals surface area (Å²) in [5.41, 5.74) is 3.77. The van der Waals surface area contributed by atoms with Gasteiger partial charge in [-0.25, -0.2) is 9.78 Å². The van der Waals surface area contributed by atoms with Gasteiger partial charge in [0, 0.05) is 21.9 Å². The van der Waals surface area contributed by atoms with Crippen molar-refractivity contribution in [2.75, 3.05) is 14.2 Å². The third kappa shape index (κ3) is 2.41. The van der Waals surface area contributed by atoms with Crippen LogP contribution in [0, 0.1) is 0 Å². The molecule has 0 saturated carbocycles. The van der Waals surface area contributed by atoms with Crippen LogP contribution in [0.5, 0.6) is 5.75 Å². The lowest BCUT2D eigenvalue weighted by atomic mass is 9.98. The summed E-state index contributed by atoms with van der Waals surface area (Å²) in [7, 11) is 3.00. The number of aromatic nitrogens is 2. The predicted molar refractivity (Wildman–Crippen MR) is 96.9 cm³/mol. The number of hydrogen-bond acceptors (Lipinski definition) is 4. The van der Waals surface area contributed by atoms with Crippen LogP contribution in [0.4, 0.5) is 0 Å². The molecule has 0 aliphatic rings. The number of benzene rings is 2. The first kappa shape index (κ1) is 15.2. The Kier molecular flexibility index (Phi) is 3.61. The van der Waals surface area contributed by atoms with Gasteiger partial charge >= 0.3 is 5.97 Å². The van der Waals surface area contributed by atoms with Gasteiger partial charge in [0.15, 0.2) is 5.69 Å². The van der Waals surface area contributed by atoms with Crippen LogP contribution in [0.15, 0.2) is 54.7 Å². The zero-order chi connectivity index (χ0) is 17.4. The molecule has 0 amide bonds. The highest BCUT2D eigenvalue weighted by Crippen LogP contribution is 2.37. The number of nitrogens with zero attached hydrogens (tertiary/aromatic N) is 1. The van der Waals surface area contributed by atoms with E-state index in [0.29, 0.717) is 5.69 Å². The van der Waals surface area contributed by atoms with Gasteiger partial charge in [-0.15, -0.1) is 0 Å². The fourth-order valence-corrected chi connectivity index (χ4v) is 3.13. The van der Waals surface area contributed by atoms with E-state index in [1.165, 1.54) is 7.11 Å². The highest BCUT2D eigenvalue weighted by molar-refractivity contribution is 6.17. The summed E-state index contributed by atoms with van der Waals surface area (Å²) in [6.07, 6.45) is 1.67. The molecular weight excluding hydrogens is 316 g/mol. The Bertz CT molecular complexity index is 1080. The second kappa shape index (κ2) is 5.94. The molecule has 2 heterocycles. The van der Waals surface area contributed by atoms with E-state index in [9.17, 15) is 4.79 Å². The third-order valence-corrected chi connectivity index (χ3v) is 4.29. The van der Waals surface area contributed by atoms with Crippen molar-refractivity contribution in [3.63, 3.8) is 0 Å². The van der Waals surface area contributed by atoms with Crippen molar-refractivity contribution < 1.29 is 14.3 Å². The molecule has 0 aliphatic heterocycles. The monoisotopic (exact) mass is 332 g/mol. The molecule has 5 heteroatoms. The van der Waals surface area contributed by atoms with Gasteiger partial charge in [0.1, 0.15) is 5.75 Å². The molecule has 5 nitrogen and oxygen atoms in total. The van der Waals surface area contributed by atoms with Crippen LogP contribution in [0.25, 0.3) is 32.9 Å².